The Hall–Kier alpha value is -2.89. The summed E-state index contributed by atoms with van der Waals surface area (Å²) >= 11 is 0. The predicted octanol–water partition coefficient (Wildman–Crippen LogP) is 16.9. The minimum absolute atomic E-state index is 0.102. The largest absolute Gasteiger partial charge is 0.462 e. The lowest BCUT2D eigenvalue weighted by atomic mass is 10.0. The molecule has 0 fully saturated rings. The van der Waals surface area contributed by atoms with Crippen LogP contribution in [0.1, 0.15) is 252 Å². The number of unbranched alkanes of at least 4 members (excludes halogenated alkanes) is 25. The molecule has 0 aliphatic rings. The first-order valence-electron chi connectivity index (χ1n) is 25.8. The number of allylic oxidation sites excluding steroid dienone is 10. The van der Waals surface area contributed by atoms with Gasteiger partial charge in [-0.05, 0) is 70.6 Å². The zero-order valence-electron chi connectivity index (χ0n) is 40.2. The zero-order chi connectivity index (χ0) is 44.4. The van der Waals surface area contributed by atoms with Gasteiger partial charge in [0.05, 0.1) is 0 Å². The molecule has 1 unspecified atom stereocenters. The van der Waals surface area contributed by atoms with E-state index >= 15 is 0 Å². The zero-order valence-corrected chi connectivity index (χ0v) is 40.2. The summed E-state index contributed by atoms with van der Waals surface area (Å²) in [5, 5.41) is 0. The number of hydrogen-bond acceptors (Lipinski definition) is 6. The van der Waals surface area contributed by atoms with Gasteiger partial charge in [-0.2, -0.15) is 0 Å². The van der Waals surface area contributed by atoms with Gasteiger partial charge in [-0.15, -0.1) is 0 Å². The van der Waals surface area contributed by atoms with Gasteiger partial charge in [0.1, 0.15) is 13.2 Å². The molecule has 0 aromatic carbocycles. The second kappa shape index (κ2) is 49.8. The molecule has 0 bridgehead atoms. The van der Waals surface area contributed by atoms with Crippen LogP contribution in [0.5, 0.6) is 0 Å². The van der Waals surface area contributed by atoms with Gasteiger partial charge >= 0.3 is 17.9 Å². The van der Waals surface area contributed by atoms with Crippen LogP contribution in [0.25, 0.3) is 0 Å². The summed E-state index contributed by atoms with van der Waals surface area (Å²) in [6.45, 7) is 6.46. The van der Waals surface area contributed by atoms with Crippen molar-refractivity contribution >= 4 is 17.9 Å². The van der Waals surface area contributed by atoms with Crippen LogP contribution in [0.2, 0.25) is 0 Å². The normalized spacial score (nSPS) is 12.5. The van der Waals surface area contributed by atoms with Crippen molar-refractivity contribution in [3.05, 3.63) is 60.8 Å². The van der Waals surface area contributed by atoms with E-state index < -0.39 is 6.10 Å². The molecular formula is C55H96O6. The average molecular weight is 853 g/mol. The van der Waals surface area contributed by atoms with Crippen LogP contribution in [-0.4, -0.2) is 37.2 Å². The fourth-order valence-corrected chi connectivity index (χ4v) is 7.16. The van der Waals surface area contributed by atoms with Crippen molar-refractivity contribution in [2.75, 3.05) is 13.2 Å². The van der Waals surface area contributed by atoms with Crippen molar-refractivity contribution < 1.29 is 28.6 Å². The van der Waals surface area contributed by atoms with Gasteiger partial charge in [-0.3, -0.25) is 14.4 Å². The fourth-order valence-electron chi connectivity index (χ4n) is 7.16. The molecule has 352 valence electrons. The standard InChI is InChI=1S/C55H96O6/c1-4-7-10-13-16-19-22-25-26-27-28-31-33-36-39-42-45-48-54(57)60-51-52(61-55(58)49-46-43-40-37-34-30-24-21-18-15-12-9-6-3)50-59-53(56)47-44-41-38-35-32-29-23-20-17-14-11-8-5-2/h9,12,18,21,25-26,30,34,40,43,52H,4-8,10-11,13-17,19-20,22-24,27-29,31-33,35-39,41-42,44-51H2,1-3H3/b12-9-,21-18-,26-25-,34-30-,43-40-. The van der Waals surface area contributed by atoms with Crippen LogP contribution in [0, 0.1) is 0 Å². The molecule has 0 aromatic rings. The third kappa shape index (κ3) is 48.0. The molecule has 0 rings (SSSR count). The Kier molecular flexibility index (Phi) is 47.4. The fraction of sp³-hybridized carbons (Fsp3) is 0.764. The van der Waals surface area contributed by atoms with Crippen molar-refractivity contribution in [1.29, 1.82) is 0 Å². The summed E-state index contributed by atoms with van der Waals surface area (Å²) in [6, 6.07) is 0. The molecule has 0 aliphatic heterocycles. The molecule has 0 radical (unpaired) electrons. The van der Waals surface area contributed by atoms with E-state index in [1.54, 1.807) is 0 Å². The number of carbonyl (C=O) groups excluding carboxylic acids is 3. The third-order valence-corrected chi connectivity index (χ3v) is 11.0. The Balaban J connectivity index is 4.43. The lowest BCUT2D eigenvalue weighted by Gasteiger charge is -2.18. The Morgan fingerprint density at radius 3 is 1.07 bits per heavy atom. The van der Waals surface area contributed by atoms with Crippen molar-refractivity contribution in [3.8, 4) is 0 Å². The molecule has 6 heteroatoms. The summed E-state index contributed by atoms with van der Waals surface area (Å²) in [4.78, 5) is 37.9. The Labute approximate surface area is 377 Å². The molecular weight excluding hydrogens is 757 g/mol. The maximum atomic E-state index is 12.7. The van der Waals surface area contributed by atoms with Gasteiger partial charge < -0.3 is 14.2 Å². The lowest BCUT2D eigenvalue weighted by Crippen LogP contribution is -2.30. The highest BCUT2D eigenvalue weighted by atomic mass is 16.6. The number of rotatable bonds is 46. The first-order valence-corrected chi connectivity index (χ1v) is 25.8. The topological polar surface area (TPSA) is 78.9 Å². The second-order valence-electron chi connectivity index (χ2n) is 17.1. The van der Waals surface area contributed by atoms with E-state index in [2.05, 4.69) is 69.4 Å². The van der Waals surface area contributed by atoms with Gasteiger partial charge in [-0.25, -0.2) is 0 Å². The van der Waals surface area contributed by atoms with E-state index in [9.17, 15) is 14.4 Å². The third-order valence-electron chi connectivity index (χ3n) is 11.0. The summed E-state index contributed by atoms with van der Waals surface area (Å²) in [5.74, 6) is -0.984. The van der Waals surface area contributed by atoms with Crippen LogP contribution in [0.4, 0.5) is 0 Å². The number of hydrogen-bond donors (Lipinski definition) is 0. The van der Waals surface area contributed by atoms with Crippen molar-refractivity contribution in [2.24, 2.45) is 0 Å². The Morgan fingerprint density at radius 1 is 0.344 bits per heavy atom. The number of carbonyl (C=O) groups is 3. The van der Waals surface area contributed by atoms with Gasteiger partial charge in [0.15, 0.2) is 6.10 Å². The van der Waals surface area contributed by atoms with Crippen LogP contribution < -0.4 is 0 Å². The highest BCUT2D eigenvalue weighted by Gasteiger charge is 2.19. The minimum atomic E-state index is -0.810. The van der Waals surface area contributed by atoms with Crippen LogP contribution in [0.15, 0.2) is 60.8 Å². The predicted molar refractivity (Wildman–Crippen MR) is 261 cm³/mol. The highest BCUT2D eigenvalue weighted by Crippen LogP contribution is 2.15. The van der Waals surface area contributed by atoms with Crippen LogP contribution >= 0.6 is 0 Å². The summed E-state index contributed by atoms with van der Waals surface area (Å²) in [7, 11) is 0. The van der Waals surface area contributed by atoms with E-state index in [4.69, 9.17) is 14.2 Å². The molecule has 0 aliphatic carbocycles. The summed E-state index contributed by atoms with van der Waals surface area (Å²) in [6.07, 6.45) is 60.8. The molecule has 0 heterocycles. The smallest absolute Gasteiger partial charge is 0.306 e. The second-order valence-corrected chi connectivity index (χ2v) is 17.1. The SMILES string of the molecule is CC/C=C\C/C=C\C/C=C\C/C=C\CCC(=O)OC(COC(=O)CCCCCCCCC/C=C\CCCCCCCC)COC(=O)CCCCCCCCCCCCCCC. The van der Waals surface area contributed by atoms with E-state index in [-0.39, 0.29) is 37.5 Å². The van der Waals surface area contributed by atoms with Crippen molar-refractivity contribution in [3.63, 3.8) is 0 Å². The molecule has 0 saturated carbocycles. The van der Waals surface area contributed by atoms with Gasteiger partial charge in [0.25, 0.3) is 0 Å². The monoisotopic (exact) mass is 853 g/mol. The van der Waals surface area contributed by atoms with Crippen molar-refractivity contribution in [2.45, 2.75) is 258 Å². The van der Waals surface area contributed by atoms with E-state index in [1.165, 1.54) is 141 Å². The molecule has 0 amide bonds. The van der Waals surface area contributed by atoms with E-state index in [1.807, 2.05) is 12.2 Å². The van der Waals surface area contributed by atoms with Crippen molar-refractivity contribution in [1.82, 2.24) is 0 Å². The van der Waals surface area contributed by atoms with Crippen LogP contribution in [-0.2, 0) is 28.6 Å². The molecule has 61 heavy (non-hydrogen) atoms. The number of ether oxygens (including phenoxy) is 3. The molecule has 6 nitrogen and oxygen atoms in total. The minimum Gasteiger partial charge on any atom is -0.462 e. The quantitative estimate of drug-likeness (QED) is 0.0263. The van der Waals surface area contributed by atoms with Crippen LogP contribution in [0.3, 0.4) is 0 Å². The number of esters is 3. The molecule has 0 aromatic heterocycles. The van der Waals surface area contributed by atoms with E-state index in [0.717, 1.165) is 64.2 Å². The molecule has 1 atom stereocenters. The first kappa shape index (κ1) is 58.1. The lowest BCUT2D eigenvalue weighted by molar-refractivity contribution is -0.166. The maximum Gasteiger partial charge on any atom is 0.306 e. The Morgan fingerprint density at radius 2 is 0.672 bits per heavy atom. The van der Waals surface area contributed by atoms with E-state index in [0.29, 0.717) is 19.3 Å². The molecule has 0 N–H and O–H groups in total. The van der Waals surface area contributed by atoms with Gasteiger partial charge in [0.2, 0.25) is 0 Å². The van der Waals surface area contributed by atoms with Gasteiger partial charge in [-0.1, -0.05) is 223 Å². The summed E-state index contributed by atoms with van der Waals surface area (Å²) in [5.41, 5.74) is 0. The van der Waals surface area contributed by atoms with Gasteiger partial charge in [0, 0.05) is 19.3 Å². The molecule has 0 saturated heterocycles. The average Bonchev–Trinajstić information content (AvgIpc) is 3.26. The maximum absolute atomic E-state index is 12.7. The summed E-state index contributed by atoms with van der Waals surface area (Å²) < 4.78 is 16.7. The highest BCUT2D eigenvalue weighted by molar-refractivity contribution is 5.71. The Bertz CT molecular complexity index is 1120. The molecule has 0 spiro atoms. The first-order chi connectivity index (χ1) is 30.0.